The number of fused-ring (bicyclic) bond motifs is 2. The van der Waals surface area contributed by atoms with Crippen LogP contribution in [0.3, 0.4) is 0 Å². The van der Waals surface area contributed by atoms with E-state index in [-0.39, 0.29) is 30.6 Å². The average molecular weight is 379 g/mol. The minimum Gasteiger partial charge on any atom is -0.366 e. The molecule has 0 bridgehead atoms. The van der Waals surface area contributed by atoms with E-state index in [0.29, 0.717) is 31.0 Å². The van der Waals surface area contributed by atoms with Gasteiger partial charge in [-0.3, -0.25) is 9.59 Å². The van der Waals surface area contributed by atoms with Gasteiger partial charge in [0.05, 0.1) is 12.1 Å². The second kappa shape index (κ2) is 6.87. The number of hydrogen-bond acceptors (Lipinski definition) is 6. The molecule has 2 saturated heterocycles. The lowest BCUT2D eigenvalue weighted by molar-refractivity contribution is -0.137. The summed E-state index contributed by atoms with van der Waals surface area (Å²) in [5.74, 6) is 1.08. The van der Waals surface area contributed by atoms with Crippen molar-refractivity contribution < 1.29 is 14.3 Å². The molecular formula is C20H21N5O3. The summed E-state index contributed by atoms with van der Waals surface area (Å²) < 4.78 is 5.67. The number of carbonyl (C=O) groups excluding carboxylic acids is 2. The van der Waals surface area contributed by atoms with E-state index in [4.69, 9.17) is 9.72 Å². The van der Waals surface area contributed by atoms with Gasteiger partial charge in [-0.2, -0.15) is 0 Å². The van der Waals surface area contributed by atoms with Crippen molar-refractivity contribution in [1.82, 2.24) is 20.6 Å². The minimum atomic E-state index is -0.161. The standard InChI is InChI=1S/C20H21N5O3/c26-16-11-28-15-7-9-25(10-14(15)22-16)19-13-6-8-21-20(27)17(13)23-18(24-19)12-4-2-1-3-5-12/h1-5,14-15H,6-11H2,(H,21,27)(H,22,26)/t14-,15+/m0/s1. The highest BCUT2D eigenvalue weighted by Gasteiger charge is 2.37. The summed E-state index contributed by atoms with van der Waals surface area (Å²) in [4.78, 5) is 35.8. The molecule has 0 radical (unpaired) electrons. The van der Waals surface area contributed by atoms with Gasteiger partial charge in [0.1, 0.15) is 18.1 Å². The van der Waals surface area contributed by atoms with Gasteiger partial charge in [-0.25, -0.2) is 9.97 Å². The number of benzene rings is 1. The number of morpholine rings is 1. The van der Waals surface area contributed by atoms with E-state index >= 15 is 0 Å². The lowest BCUT2D eigenvalue weighted by Crippen LogP contribution is -2.60. The highest BCUT2D eigenvalue weighted by atomic mass is 16.5. The molecule has 5 rings (SSSR count). The largest absolute Gasteiger partial charge is 0.366 e. The van der Waals surface area contributed by atoms with Crippen LogP contribution in [-0.2, 0) is 16.0 Å². The summed E-state index contributed by atoms with van der Waals surface area (Å²) >= 11 is 0. The molecule has 8 nitrogen and oxygen atoms in total. The van der Waals surface area contributed by atoms with Crippen LogP contribution in [0.15, 0.2) is 30.3 Å². The Bertz CT molecular complexity index is 933. The van der Waals surface area contributed by atoms with Crippen molar-refractivity contribution in [3.63, 3.8) is 0 Å². The fourth-order valence-corrected chi connectivity index (χ4v) is 4.14. The first-order chi connectivity index (χ1) is 13.7. The molecule has 3 aliphatic heterocycles. The quantitative estimate of drug-likeness (QED) is 0.790. The third kappa shape index (κ3) is 2.99. The lowest BCUT2D eigenvalue weighted by atomic mass is 9.98. The van der Waals surface area contributed by atoms with Crippen molar-refractivity contribution in [2.45, 2.75) is 25.0 Å². The maximum Gasteiger partial charge on any atom is 0.270 e. The third-order valence-corrected chi connectivity index (χ3v) is 5.52. The van der Waals surface area contributed by atoms with Crippen LogP contribution in [0.4, 0.5) is 5.82 Å². The normalized spacial score (nSPS) is 24.1. The summed E-state index contributed by atoms with van der Waals surface area (Å²) in [5.41, 5.74) is 2.19. The van der Waals surface area contributed by atoms with Gasteiger partial charge in [-0.1, -0.05) is 30.3 Å². The second-order valence-electron chi connectivity index (χ2n) is 7.33. The predicted octanol–water partition coefficient (Wildman–Crippen LogP) is 0.523. The van der Waals surface area contributed by atoms with Crippen molar-refractivity contribution in [2.75, 3.05) is 31.1 Å². The maximum atomic E-state index is 12.5. The monoisotopic (exact) mass is 379 g/mol. The summed E-state index contributed by atoms with van der Waals surface area (Å²) in [5, 5.41) is 5.90. The molecule has 4 heterocycles. The Morgan fingerprint density at radius 1 is 1.14 bits per heavy atom. The SMILES string of the molecule is O=C1CO[C@@H]2CCN(c3nc(-c4ccccc4)nc4c3CCNC4=O)C[C@@H]2N1. The first kappa shape index (κ1) is 17.1. The predicted molar refractivity (Wildman–Crippen MR) is 102 cm³/mol. The number of nitrogens with one attached hydrogen (secondary N) is 2. The van der Waals surface area contributed by atoms with Crippen LogP contribution in [-0.4, -0.2) is 60.2 Å². The van der Waals surface area contributed by atoms with E-state index in [1.165, 1.54) is 0 Å². The topological polar surface area (TPSA) is 96.4 Å². The number of nitrogens with zero attached hydrogens (tertiary/aromatic N) is 3. The minimum absolute atomic E-state index is 0.0310. The number of hydrogen-bond donors (Lipinski definition) is 2. The highest BCUT2D eigenvalue weighted by molar-refractivity contribution is 5.96. The maximum absolute atomic E-state index is 12.5. The van der Waals surface area contributed by atoms with Crippen molar-refractivity contribution in [3.8, 4) is 11.4 Å². The Hall–Kier alpha value is -3.00. The molecule has 0 unspecified atom stereocenters. The van der Waals surface area contributed by atoms with E-state index in [0.717, 1.165) is 29.9 Å². The number of piperidine rings is 1. The first-order valence-corrected chi connectivity index (χ1v) is 9.59. The molecule has 3 aliphatic rings. The van der Waals surface area contributed by atoms with Gasteiger partial charge in [0.2, 0.25) is 5.91 Å². The van der Waals surface area contributed by atoms with Crippen LogP contribution in [0.5, 0.6) is 0 Å². The molecule has 0 aliphatic carbocycles. The number of carbonyl (C=O) groups is 2. The zero-order valence-corrected chi connectivity index (χ0v) is 15.4. The third-order valence-electron chi connectivity index (χ3n) is 5.52. The molecule has 1 aromatic carbocycles. The number of amides is 2. The van der Waals surface area contributed by atoms with E-state index in [1.54, 1.807) is 0 Å². The van der Waals surface area contributed by atoms with Gasteiger partial charge < -0.3 is 20.3 Å². The Balaban J connectivity index is 1.55. The zero-order valence-electron chi connectivity index (χ0n) is 15.4. The Kier molecular flexibility index (Phi) is 4.20. The lowest BCUT2D eigenvalue weighted by Gasteiger charge is -2.42. The Morgan fingerprint density at radius 2 is 2.00 bits per heavy atom. The summed E-state index contributed by atoms with van der Waals surface area (Å²) in [6, 6.07) is 9.60. The average Bonchev–Trinajstić information content (AvgIpc) is 2.73. The summed E-state index contributed by atoms with van der Waals surface area (Å²) in [6.07, 6.45) is 1.53. The van der Waals surface area contributed by atoms with E-state index in [1.807, 2.05) is 30.3 Å². The van der Waals surface area contributed by atoms with Gasteiger partial charge in [0, 0.05) is 30.8 Å². The van der Waals surface area contributed by atoms with Crippen LogP contribution in [0, 0.1) is 0 Å². The number of rotatable bonds is 2. The van der Waals surface area contributed by atoms with Crippen LogP contribution in [0.25, 0.3) is 11.4 Å². The summed E-state index contributed by atoms with van der Waals surface area (Å²) in [7, 11) is 0. The smallest absolute Gasteiger partial charge is 0.270 e. The van der Waals surface area contributed by atoms with Gasteiger partial charge >= 0.3 is 0 Å². The molecule has 0 spiro atoms. The van der Waals surface area contributed by atoms with Crippen molar-refractivity contribution in [3.05, 3.63) is 41.6 Å². The van der Waals surface area contributed by atoms with Crippen LogP contribution >= 0.6 is 0 Å². The zero-order chi connectivity index (χ0) is 19.1. The van der Waals surface area contributed by atoms with Crippen molar-refractivity contribution >= 4 is 17.6 Å². The Labute approximate surface area is 162 Å². The van der Waals surface area contributed by atoms with Gasteiger partial charge in [0.25, 0.3) is 5.91 Å². The van der Waals surface area contributed by atoms with E-state index in [9.17, 15) is 9.59 Å². The molecule has 28 heavy (non-hydrogen) atoms. The number of aromatic nitrogens is 2. The molecular weight excluding hydrogens is 358 g/mol. The van der Waals surface area contributed by atoms with Crippen molar-refractivity contribution in [1.29, 1.82) is 0 Å². The fourth-order valence-electron chi connectivity index (χ4n) is 4.14. The first-order valence-electron chi connectivity index (χ1n) is 9.59. The second-order valence-corrected chi connectivity index (χ2v) is 7.33. The number of ether oxygens (including phenoxy) is 1. The molecule has 2 N–H and O–H groups in total. The van der Waals surface area contributed by atoms with Gasteiger partial charge in [-0.15, -0.1) is 0 Å². The molecule has 1 aromatic heterocycles. The van der Waals surface area contributed by atoms with Crippen LogP contribution in [0.2, 0.25) is 0 Å². The van der Waals surface area contributed by atoms with E-state index < -0.39 is 0 Å². The van der Waals surface area contributed by atoms with Crippen LogP contribution in [0.1, 0.15) is 22.5 Å². The molecule has 0 saturated carbocycles. The summed E-state index contributed by atoms with van der Waals surface area (Å²) in [6.45, 7) is 2.07. The van der Waals surface area contributed by atoms with Gasteiger partial charge in [-0.05, 0) is 12.8 Å². The Morgan fingerprint density at radius 3 is 2.86 bits per heavy atom. The van der Waals surface area contributed by atoms with Crippen LogP contribution < -0.4 is 15.5 Å². The van der Waals surface area contributed by atoms with Gasteiger partial charge in [0.15, 0.2) is 5.82 Å². The molecule has 2 atom stereocenters. The molecule has 2 aromatic rings. The molecule has 2 fully saturated rings. The molecule has 2 amide bonds. The fraction of sp³-hybridized carbons (Fsp3) is 0.400. The molecule has 144 valence electrons. The molecule has 8 heteroatoms. The van der Waals surface area contributed by atoms with E-state index in [2.05, 4.69) is 20.5 Å². The highest BCUT2D eigenvalue weighted by Crippen LogP contribution is 2.30. The number of anilines is 1. The van der Waals surface area contributed by atoms with Crippen molar-refractivity contribution in [2.24, 2.45) is 0 Å².